The maximum absolute atomic E-state index is 10.6. The molecular weight excluding hydrogens is 164 g/mol. The molecule has 0 rings (SSSR count). The van der Waals surface area contributed by atoms with Crippen LogP contribution in [0.5, 0.6) is 0 Å². The SMILES string of the molecule is C/C=C/C(=O)OC(O)C(O)CO. The van der Waals surface area contributed by atoms with Crippen molar-refractivity contribution < 1.29 is 24.9 Å². The lowest BCUT2D eigenvalue weighted by molar-refractivity contribution is -0.185. The molecule has 0 fully saturated rings. The molecule has 0 saturated heterocycles. The smallest absolute Gasteiger partial charge is 0.332 e. The minimum absolute atomic E-state index is 0.662. The Bertz CT molecular complexity index is 165. The van der Waals surface area contributed by atoms with Crippen LogP contribution in [-0.2, 0) is 9.53 Å². The van der Waals surface area contributed by atoms with Gasteiger partial charge in [0, 0.05) is 6.08 Å². The van der Waals surface area contributed by atoms with Crippen molar-refractivity contribution in [1.82, 2.24) is 0 Å². The van der Waals surface area contributed by atoms with E-state index < -0.39 is 25.0 Å². The Labute approximate surface area is 69.9 Å². The van der Waals surface area contributed by atoms with E-state index in [0.717, 1.165) is 6.08 Å². The molecule has 0 saturated carbocycles. The van der Waals surface area contributed by atoms with Crippen LogP contribution in [0.4, 0.5) is 0 Å². The summed E-state index contributed by atoms with van der Waals surface area (Å²) < 4.78 is 4.26. The molecule has 0 aromatic rings. The van der Waals surface area contributed by atoms with E-state index in [0.29, 0.717) is 0 Å². The summed E-state index contributed by atoms with van der Waals surface area (Å²) in [6.45, 7) is 0.945. The number of esters is 1. The molecule has 5 heteroatoms. The Morgan fingerprint density at radius 3 is 2.58 bits per heavy atom. The van der Waals surface area contributed by atoms with Crippen LogP contribution in [0.3, 0.4) is 0 Å². The van der Waals surface area contributed by atoms with Gasteiger partial charge in [0.25, 0.3) is 0 Å². The molecule has 0 radical (unpaired) electrons. The van der Waals surface area contributed by atoms with Gasteiger partial charge in [0.2, 0.25) is 6.29 Å². The highest BCUT2D eigenvalue weighted by Gasteiger charge is 2.17. The molecule has 0 spiro atoms. The van der Waals surface area contributed by atoms with Crippen molar-refractivity contribution in [3.8, 4) is 0 Å². The summed E-state index contributed by atoms with van der Waals surface area (Å²) >= 11 is 0. The van der Waals surface area contributed by atoms with Gasteiger partial charge >= 0.3 is 5.97 Å². The Hall–Kier alpha value is -0.910. The summed E-state index contributed by atoms with van der Waals surface area (Å²) in [6, 6.07) is 0. The molecule has 12 heavy (non-hydrogen) atoms. The molecule has 0 bridgehead atoms. The van der Waals surface area contributed by atoms with Gasteiger partial charge in [0.05, 0.1) is 6.61 Å². The number of carbonyl (C=O) groups is 1. The third-order valence-corrected chi connectivity index (χ3v) is 1.06. The van der Waals surface area contributed by atoms with Gasteiger partial charge in [-0.1, -0.05) is 6.08 Å². The van der Waals surface area contributed by atoms with Gasteiger partial charge < -0.3 is 20.1 Å². The molecule has 0 aromatic heterocycles. The maximum atomic E-state index is 10.6. The summed E-state index contributed by atoms with van der Waals surface area (Å²) in [5.41, 5.74) is 0. The summed E-state index contributed by atoms with van der Waals surface area (Å²) in [5.74, 6) is -0.766. The van der Waals surface area contributed by atoms with Crippen LogP contribution < -0.4 is 0 Å². The average molecular weight is 176 g/mol. The van der Waals surface area contributed by atoms with Gasteiger partial charge in [-0.3, -0.25) is 0 Å². The molecule has 0 heterocycles. The summed E-state index contributed by atoms with van der Waals surface area (Å²) in [4.78, 5) is 10.6. The summed E-state index contributed by atoms with van der Waals surface area (Å²) in [7, 11) is 0. The Morgan fingerprint density at radius 2 is 2.17 bits per heavy atom. The minimum atomic E-state index is -1.68. The summed E-state index contributed by atoms with van der Waals surface area (Å²) in [5, 5.41) is 25.9. The highest BCUT2D eigenvalue weighted by atomic mass is 16.6. The van der Waals surface area contributed by atoms with E-state index in [1.807, 2.05) is 0 Å². The fourth-order valence-electron chi connectivity index (χ4n) is 0.463. The fraction of sp³-hybridized carbons (Fsp3) is 0.571. The predicted octanol–water partition coefficient (Wildman–Crippen LogP) is -1.22. The van der Waals surface area contributed by atoms with Crippen LogP contribution in [0.1, 0.15) is 6.92 Å². The van der Waals surface area contributed by atoms with Crippen molar-refractivity contribution in [2.24, 2.45) is 0 Å². The second-order valence-electron chi connectivity index (χ2n) is 2.08. The van der Waals surface area contributed by atoms with Crippen LogP contribution in [0, 0.1) is 0 Å². The lowest BCUT2D eigenvalue weighted by atomic mass is 10.4. The van der Waals surface area contributed by atoms with Crippen LogP contribution in [0.25, 0.3) is 0 Å². The van der Waals surface area contributed by atoms with Crippen LogP contribution in [0.15, 0.2) is 12.2 Å². The number of hydrogen-bond acceptors (Lipinski definition) is 5. The highest BCUT2D eigenvalue weighted by molar-refractivity contribution is 5.81. The lowest BCUT2D eigenvalue weighted by Crippen LogP contribution is -2.33. The Kier molecular flexibility index (Phi) is 5.27. The van der Waals surface area contributed by atoms with Crippen molar-refractivity contribution in [2.75, 3.05) is 6.61 Å². The number of rotatable bonds is 4. The van der Waals surface area contributed by atoms with Gasteiger partial charge in [0.15, 0.2) is 0 Å². The van der Waals surface area contributed by atoms with Gasteiger partial charge in [-0.15, -0.1) is 0 Å². The molecule has 5 nitrogen and oxygen atoms in total. The van der Waals surface area contributed by atoms with Gasteiger partial charge in [-0.2, -0.15) is 0 Å². The molecule has 0 aliphatic rings. The zero-order chi connectivity index (χ0) is 9.56. The minimum Gasteiger partial charge on any atom is -0.430 e. The topological polar surface area (TPSA) is 87.0 Å². The predicted molar refractivity (Wildman–Crippen MR) is 40.0 cm³/mol. The van der Waals surface area contributed by atoms with Crippen molar-refractivity contribution >= 4 is 5.97 Å². The number of ether oxygens (including phenoxy) is 1. The Morgan fingerprint density at radius 1 is 1.58 bits per heavy atom. The molecule has 70 valence electrons. The van der Waals surface area contributed by atoms with E-state index in [9.17, 15) is 4.79 Å². The van der Waals surface area contributed by atoms with Gasteiger partial charge in [-0.25, -0.2) is 4.79 Å². The highest BCUT2D eigenvalue weighted by Crippen LogP contribution is 1.95. The zero-order valence-corrected chi connectivity index (χ0v) is 6.67. The van der Waals surface area contributed by atoms with E-state index in [-0.39, 0.29) is 0 Å². The van der Waals surface area contributed by atoms with E-state index in [4.69, 9.17) is 15.3 Å². The molecule has 2 atom stereocenters. The van der Waals surface area contributed by atoms with Crippen LogP contribution in [-0.4, -0.2) is 40.3 Å². The quantitative estimate of drug-likeness (QED) is 0.284. The molecule has 0 aliphatic heterocycles. The van der Waals surface area contributed by atoms with Crippen LogP contribution >= 0.6 is 0 Å². The van der Waals surface area contributed by atoms with Crippen molar-refractivity contribution in [1.29, 1.82) is 0 Å². The first-order chi connectivity index (χ1) is 5.61. The third-order valence-electron chi connectivity index (χ3n) is 1.06. The van der Waals surface area contributed by atoms with Crippen molar-refractivity contribution in [2.45, 2.75) is 19.3 Å². The number of hydrogen-bond donors (Lipinski definition) is 3. The maximum Gasteiger partial charge on any atom is 0.332 e. The second-order valence-corrected chi connectivity index (χ2v) is 2.08. The molecule has 0 aliphatic carbocycles. The van der Waals surface area contributed by atoms with E-state index in [2.05, 4.69) is 4.74 Å². The second kappa shape index (κ2) is 5.70. The van der Waals surface area contributed by atoms with E-state index in [1.165, 1.54) is 6.08 Å². The zero-order valence-electron chi connectivity index (χ0n) is 6.67. The normalized spacial score (nSPS) is 16.0. The largest absolute Gasteiger partial charge is 0.430 e. The van der Waals surface area contributed by atoms with E-state index in [1.54, 1.807) is 6.92 Å². The summed E-state index contributed by atoms with van der Waals surface area (Å²) in [6.07, 6.45) is -0.619. The average Bonchev–Trinajstić information content (AvgIpc) is 2.03. The lowest BCUT2D eigenvalue weighted by Gasteiger charge is -2.14. The molecule has 3 N–H and O–H groups in total. The standard InChI is InChI=1S/C7H12O5/c1-2-3-6(10)12-7(11)5(9)4-8/h2-3,5,7-9,11H,4H2,1H3/b3-2+. The third kappa shape index (κ3) is 4.07. The molecule has 2 unspecified atom stereocenters. The number of aliphatic hydroxyl groups is 3. The molecule has 0 aromatic carbocycles. The van der Waals surface area contributed by atoms with Crippen LogP contribution in [0.2, 0.25) is 0 Å². The van der Waals surface area contributed by atoms with Gasteiger partial charge in [0.1, 0.15) is 6.10 Å². The number of allylic oxidation sites excluding steroid dienone is 1. The molecular formula is C7H12O5. The first kappa shape index (κ1) is 11.1. The van der Waals surface area contributed by atoms with E-state index >= 15 is 0 Å². The molecule has 0 amide bonds. The monoisotopic (exact) mass is 176 g/mol. The number of carbonyl (C=O) groups excluding carboxylic acids is 1. The fourth-order valence-corrected chi connectivity index (χ4v) is 0.463. The first-order valence-electron chi connectivity index (χ1n) is 3.42. The first-order valence-corrected chi connectivity index (χ1v) is 3.42. The van der Waals surface area contributed by atoms with Crippen molar-refractivity contribution in [3.63, 3.8) is 0 Å². The van der Waals surface area contributed by atoms with Crippen molar-refractivity contribution in [3.05, 3.63) is 12.2 Å². The Balaban J connectivity index is 3.83. The van der Waals surface area contributed by atoms with Gasteiger partial charge in [-0.05, 0) is 6.92 Å². The number of aliphatic hydroxyl groups excluding tert-OH is 3.